The Morgan fingerprint density at radius 2 is 1.57 bits per heavy atom. The van der Waals surface area contributed by atoms with Crippen molar-refractivity contribution in [3.63, 3.8) is 0 Å². The van der Waals surface area contributed by atoms with Crippen LogP contribution in [-0.4, -0.2) is 20.6 Å². The fraction of sp³-hybridized carbons (Fsp3) is 0.136. The molecule has 0 bridgehead atoms. The molecule has 3 aromatic carbocycles. The highest BCUT2D eigenvalue weighted by molar-refractivity contribution is 9.10. The Labute approximate surface area is 173 Å². The quantitative estimate of drug-likeness (QED) is 0.591. The molecule has 6 heteroatoms. The lowest BCUT2D eigenvalue weighted by atomic mass is 9.98. The maximum Gasteiger partial charge on any atom is 0.252 e. The number of sulfone groups is 1. The lowest BCUT2D eigenvalue weighted by molar-refractivity contribution is 0.0943. The van der Waals surface area contributed by atoms with Crippen LogP contribution in [0.1, 0.15) is 33.1 Å². The molecular weight excluding hydrogens is 438 g/mol. The highest BCUT2D eigenvalue weighted by Gasteiger charge is 2.18. The van der Waals surface area contributed by atoms with E-state index in [-0.39, 0.29) is 17.7 Å². The molecule has 1 unspecified atom stereocenters. The number of amides is 1. The third kappa shape index (κ3) is 5.53. The van der Waals surface area contributed by atoms with Gasteiger partial charge in [-0.05, 0) is 41.0 Å². The number of carbonyl (C=O) groups excluding carboxylic acids is 1. The molecule has 144 valence electrons. The van der Waals surface area contributed by atoms with Crippen LogP contribution in [0.25, 0.3) is 0 Å². The van der Waals surface area contributed by atoms with Crippen molar-refractivity contribution < 1.29 is 13.2 Å². The van der Waals surface area contributed by atoms with Crippen molar-refractivity contribution in [3.8, 4) is 0 Å². The van der Waals surface area contributed by atoms with Crippen molar-refractivity contribution in [3.05, 3.63) is 106 Å². The Balaban J connectivity index is 1.90. The first kappa shape index (κ1) is 20.3. The summed E-state index contributed by atoms with van der Waals surface area (Å²) >= 11 is 3.43. The molecule has 3 aromatic rings. The zero-order valence-electron chi connectivity index (χ0n) is 15.3. The minimum absolute atomic E-state index is 0.0943. The highest BCUT2D eigenvalue weighted by atomic mass is 79.9. The zero-order valence-corrected chi connectivity index (χ0v) is 17.7. The fourth-order valence-corrected chi connectivity index (χ4v) is 4.03. The van der Waals surface area contributed by atoms with Gasteiger partial charge in [0.1, 0.15) is 0 Å². The van der Waals surface area contributed by atoms with Gasteiger partial charge in [0.05, 0.1) is 11.8 Å². The Morgan fingerprint density at radius 3 is 2.21 bits per heavy atom. The standard InChI is InChI=1S/C22H20BrNO3S/c1-28(26,27)15-16-6-5-9-19(14-16)22(25)24-21(17-7-3-2-4-8-17)18-10-12-20(23)13-11-18/h2-14,21H,15H2,1H3,(H,24,25). The summed E-state index contributed by atoms with van der Waals surface area (Å²) < 4.78 is 24.1. The molecule has 0 aliphatic rings. The van der Waals surface area contributed by atoms with Gasteiger partial charge < -0.3 is 5.32 Å². The number of rotatable bonds is 6. The van der Waals surface area contributed by atoms with E-state index in [1.54, 1.807) is 24.3 Å². The summed E-state index contributed by atoms with van der Waals surface area (Å²) in [7, 11) is -3.17. The minimum Gasteiger partial charge on any atom is -0.341 e. The topological polar surface area (TPSA) is 63.2 Å². The molecule has 0 aliphatic heterocycles. The fourth-order valence-electron chi connectivity index (χ4n) is 2.98. The number of halogens is 1. The van der Waals surface area contributed by atoms with Crippen LogP contribution in [0.15, 0.2) is 83.3 Å². The van der Waals surface area contributed by atoms with E-state index in [1.165, 1.54) is 6.26 Å². The van der Waals surface area contributed by atoms with Crippen molar-refractivity contribution in [1.29, 1.82) is 0 Å². The maximum atomic E-state index is 12.9. The van der Waals surface area contributed by atoms with Crippen molar-refractivity contribution >= 4 is 31.7 Å². The van der Waals surface area contributed by atoms with E-state index in [9.17, 15) is 13.2 Å². The van der Waals surface area contributed by atoms with E-state index in [1.807, 2.05) is 54.6 Å². The van der Waals surface area contributed by atoms with Crippen molar-refractivity contribution in [2.24, 2.45) is 0 Å². The number of hydrogen-bond acceptors (Lipinski definition) is 3. The molecular formula is C22H20BrNO3S. The third-order valence-electron chi connectivity index (χ3n) is 4.23. The van der Waals surface area contributed by atoms with Crippen LogP contribution >= 0.6 is 15.9 Å². The van der Waals surface area contributed by atoms with Crippen LogP contribution in [0.5, 0.6) is 0 Å². The van der Waals surface area contributed by atoms with Crippen LogP contribution in [0.2, 0.25) is 0 Å². The van der Waals surface area contributed by atoms with Crippen LogP contribution in [0, 0.1) is 0 Å². The van der Waals surface area contributed by atoms with E-state index < -0.39 is 9.84 Å². The minimum atomic E-state index is -3.17. The first-order valence-electron chi connectivity index (χ1n) is 8.70. The third-order valence-corrected chi connectivity index (χ3v) is 5.62. The molecule has 0 heterocycles. The molecule has 1 atom stereocenters. The van der Waals surface area contributed by atoms with Gasteiger partial charge in [-0.1, -0.05) is 70.5 Å². The van der Waals surface area contributed by atoms with Gasteiger partial charge in [-0.25, -0.2) is 8.42 Å². The molecule has 0 aliphatic carbocycles. The molecule has 0 spiro atoms. The lowest BCUT2D eigenvalue weighted by Crippen LogP contribution is -2.29. The molecule has 0 fully saturated rings. The Hall–Kier alpha value is -2.44. The molecule has 0 saturated carbocycles. The van der Waals surface area contributed by atoms with E-state index in [0.29, 0.717) is 11.1 Å². The molecule has 1 amide bonds. The zero-order chi connectivity index (χ0) is 20.1. The predicted octanol–water partition coefficient (Wildman–Crippen LogP) is 4.51. The molecule has 0 saturated heterocycles. The summed E-state index contributed by atoms with van der Waals surface area (Å²) in [5, 5.41) is 3.07. The van der Waals surface area contributed by atoms with Crippen molar-refractivity contribution in [2.45, 2.75) is 11.8 Å². The molecule has 4 nitrogen and oxygen atoms in total. The molecule has 28 heavy (non-hydrogen) atoms. The van der Waals surface area contributed by atoms with Crippen LogP contribution in [0.3, 0.4) is 0 Å². The molecule has 3 rings (SSSR count). The Bertz CT molecular complexity index is 1060. The van der Waals surface area contributed by atoms with Gasteiger partial charge in [0.2, 0.25) is 0 Å². The Morgan fingerprint density at radius 1 is 0.929 bits per heavy atom. The SMILES string of the molecule is CS(=O)(=O)Cc1cccc(C(=O)NC(c2ccccc2)c2ccc(Br)cc2)c1. The predicted molar refractivity (Wildman–Crippen MR) is 115 cm³/mol. The largest absolute Gasteiger partial charge is 0.341 e. The smallest absolute Gasteiger partial charge is 0.252 e. The molecule has 1 N–H and O–H groups in total. The van der Waals surface area contributed by atoms with E-state index in [0.717, 1.165) is 15.6 Å². The summed E-state index contributed by atoms with van der Waals surface area (Å²) in [5.41, 5.74) is 2.94. The first-order chi connectivity index (χ1) is 13.3. The summed E-state index contributed by atoms with van der Waals surface area (Å²) in [6.45, 7) is 0. The summed E-state index contributed by atoms with van der Waals surface area (Å²) in [6.07, 6.45) is 1.18. The summed E-state index contributed by atoms with van der Waals surface area (Å²) in [5.74, 6) is -0.352. The summed E-state index contributed by atoms with van der Waals surface area (Å²) in [6, 6.07) is 23.9. The number of benzene rings is 3. The monoisotopic (exact) mass is 457 g/mol. The van der Waals surface area contributed by atoms with Crippen LogP contribution in [-0.2, 0) is 15.6 Å². The maximum absolute atomic E-state index is 12.9. The van der Waals surface area contributed by atoms with Gasteiger partial charge in [-0.3, -0.25) is 4.79 Å². The van der Waals surface area contributed by atoms with E-state index in [4.69, 9.17) is 0 Å². The van der Waals surface area contributed by atoms with Crippen LogP contribution in [0.4, 0.5) is 0 Å². The van der Waals surface area contributed by atoms with Gasteiger partial charge >= 0.3 is 0 Å². The first-order valence-corrected chi connectivity index (χ1v) is 11.5. The second-order valence-electron chi connectivity index (χ2n) is 6.64. The second kappa shape index (κ2) is 8.71. The lowest BCUT2D eigenvalue weighted by Gasteiger charge is -2.20. The Kier molecular flexibility index (Phi) is 6.31. The average Bonchev–Trinajstić information content (AvgIpc) is 2.66. The van der Waals surface area contributed by atoms with Gasteiger partial charge in [0, 0.05) is 16.3 Å². The number of hydrogen-bond donors (Lipinski definition) is 1. The van der Waals surface area contributed by atoms with Gasteiger partial charge in [0.15, 0.2) is 9.84 Å². The van der Waals surface area contributed by atoms with Crippen molar-refractivity contribution in [2.75, 3.05) is 6.26 Å². The van der Waals surface area contributed by atoms with Gasteiger partial charge in [0.25, 0.3) is 5.91 Å². The number of carbonyl (C=O) groups is 1. The van der Waals surface area contributed by atoms with Gasteiger partial charge in [-0.2, -0.15) is 0 Å². The van der Waals surface area contributed by atoms with Gasteiger partial charge in [-0.15, -0.1) is 0 Å². The molecule has 0 radical (unpaired) electrons. The van der Waals surface area contributed by atoms with Crippen LogP contribution < -0.4 is 5.32 Å². The number of nitrogens with one attached hydrogen (secondary N) is 1. The van der Waals surface area contributed by atoms with Crippen molar-refractivity contribution in [1.82, 2.24) is 5.32 Å². The average molecular weight is 458 g/mol. The van der Waals surface area contributed by atoms with E-state index >= 15 is 0 Å². The molecule has 0 aromatic heterocycles. The summed E-state index contributed by atoms with van der Waals surface area (Å²) in [4.78, 5) is 12.9. The normalized spacial score (nSPS) is 12.4. The highest BCUT2D eigenvalue weighted by Crippen LogP contribution is 2.24. The second-order valence-corrected chi connectivity index (χ2v) is 9.70. The van der Waals surface area contributed by atoms with E-state index in [2.05, 4.69) is 21.2 Å².